The second-order valence-corrected chi connectivity index (χ2v) is 5.04. The second-order valence-electron chi connectivity index (χ2n) is 5.04. The van der Waals surface area contributed by atoms with Crippen LogP contribution in [0.2, 0.25) is 0 Å². The molecule has 0 fully saturated rings. The molecule has 0 saturated carbocycles. The van der Waals surface area contributed by atoms with Crippen molar-refractivity contribution < 1.29 is 4.39 Å². The van der Waals surface area contributed by atoms with Gasteiger partial charge in [-0.3, -0.25) is 0 Å². The number of allylic oxidation sites excluding steroid dienone is 7. The molecule has 0 bridgehead atoms. The van der Waals surface area contributed by atoms with Crippen LogP contribution in [0.15, 0.2) is 59.6 Å². The smallest absolute Gasteiger partial charge is 0.100 e. The first-order chi connectivity index (χ1) is 9.17. The summed E-state index contributed by atoms with van der Waals surface area (Å²) in [6.45, 7) is 12.4. The summed E-state index contributed by atoms with van der Waals surface area (Å²) >= 11 is 0. The quantitative estimate of drug-likeness (QED) is 0.709. The van der Waals surface area contributed by atoms with Gasteiger partial charge < -0.3 is 4.90 Å². The van der Waals surface area contributed by atoms with Gasteiger partial charge in [-0.1, -0.05) is 19.2 Å². The topological polar surface area (TPSA) is 3.24 Å². The van der Waals surface area contributed by atoms with E-state index >= 15 is 0 Å². The van der Waals surface area contributed by atoms with Gasteiger partial charge in [0.2, 0.25) is 0 Å². The summed E-state index contributed by atoms with van der Waals surface area (Å²) in [6, 6.07) is 0. The van der Waals surface area contributed by atoms with E-state index < -0.39 is 0 Å². The monoisotopic (exact) mass is 259 g/mol. The molecule has 0 saturated heterocycles. The van der Waals surface area contributed by atoms with Gasteiger partial charge in [-0.15, -0.1) is 0 Å². The number of nitrogens with zero attached hydrogens (tertiary/aromatic N) is 1. The van der Waals surface area contributed by atoms with Crippen LogP contribution in [-0.2, 0) is 0 Å². The summed E-state index contributed by atoms with van der Waals surface area (Å²) in [5.41, 5.74) is 4.71. The average Bonchev–Trinajstić information content (AvgIpc) is 2.46. The Morgan fingerprint density at radius 3 is 2.74 bits per heavy atom. The van der Waals surface area contributed by atoms with Crippen LogP contribution in [0.1, 0.15) is 32.6 Å². The van der Waals surface area contributed by atoms with Crippen molar-refractivity contribution in [2.75, 3.05) is 13.1 Å². The van der Waals surface area contributed by atoms with E-state index in [4.69, 9.17) is 0 Å². The number of halogens is 1. The Bertz CT molecular complexity index is 479. The van der Waals surface area contributed by atoms with Gasteiger partial charge in [-0.25, -0.2) is 4.39 Å². The van der Waals surface area contributed by atoms with Crippen LogP contribution in [0.5, 0.6) is 0 Å². The van der Waals surface area contributed by atoms with E-state index in [1.54, 1.807) is 6.08 Å². The predicted molar refractivity (Wildman–Crippen MR) is 79.4 cm³/mol. The van der Waals surface area contributed by atoms with Gasteiger partial charge in [0.15, 0.2) is 0 Å². The maximum atomic E-state index is 13.1. The Balaban J connectivity index is 2.31. The van der Waals surface area contributed by atoms with Gasteiger partial charge >= 0.3 is 0 Å². The SMILES string of the molecule is C=CC1=C(C(=C)C2=CC=C(F)CC2)CCCN1CC. The molecular weight excluding hydrogens is 237 g/mol. The zero-order chi connectivity index (χ0) is 13.8. The molecule has 2 rings (SSSR count). The summed E-state index contributed by atoms with van der Waals surface area (Å²) in [5, 5.41) is 0. The molecule has 0 atom stereocenters. The van der Waals surface area contributed by atoms with Crippen molar-refractivity contribution in [3.63, 3.8) is 0 Å². The highest BCUT2D eigenvalue weighted by molar-refractivity contribution is 5.51. The molecule has 2 heteroatoms. The van der Waals surface area contributed by atoms with Crippen molar-refractivity contribution in [2.45, 2.75) is 32.6 Å². The molecule has 1 aliphatic heterocycles. The summed E-state index contributed by atoms with van der Waals surface area (Å²) in [5.74, 6) is -0.0340. The van der Waals surface area contributed by atoms with Crippen molar-refractivity contribution in [1.82, 2.24) is 4.90 Å². The number of likely N-dealkylation sites (N-methyl/N-ethyl adjacent to an activating group) is 1. The Morgan fingerprint density at radius 1 is 1.37 bits per heavy atom. The van der Waals surface area contributed by atoms with Crippen LogP contribution in [0.3, 0.4) is 0 Å². The van der Waals surface area contributed by atoms with Crippen LogP contribution in [0, 0.1) is 0 Å². The summed E-state index contributed by atoms with van der Waals surface area (Å²) in [4.78, 5) is 2.34. The molecule has 0 unspecified atom stereocenters. The Morgan fingerprint density at radius 2 is 2.16 bits per heavy atom. The molecule has 19 heavy (non-hydrogen) atoms. The normalized spacial score (nSPS) is 20.0. The van der Waals surface area contributed by atoms with Gasteiger partial charge in [-0.2, -0.15) is 0 Å². The van der Waals surface area contributed by atoms with Crippen LogP contribution < -0.4 is 0 Å². The molecule has 1 heterocycles. The van der Waals surface area contributed by atoms with Crippen molar-refractivity contribution in [3.8, 4) is 0 Å². The lowest BCUT2D eigenvalue weighted by molar-refractivity contribution is 0.344. The van der Waals surface area contributed by atoms with Crippen LogP contribution in [0.25, 0.3) is 0 Å². The van der Waals surface area contributed by atoms with Crippen molar-refractivity contribution in [1.29, 1.82) is 0 Å². The van der Waals surface area contributed by atoms with E-state index in [-0.39, 0.29) is 5.83 Å². The first kappa shape index (κ1) is 13.9. The minimum Gasteiger partial charge on any atom is -0.372 e. The molecule has 0 aromatic heterocycles. The molecule has 0 spiro atoms. The van der Waals surface area contributed by atoms with E-state index in [0.29, 0.717) is 6.42 Å². The lowest BCUT2D eigenvalue weighted by atomic mass is 9.87. The summed E-state index contributed by atoms with van der Waals surface area (Å²) in [6.07, 6.45) is 8.82. The van der Waals surface area contributed by atoms with E-state index in [1.807, 2.05) is 12.2 Å². The minimum atomic E-state index is -0.0340. The maximum absolute atomic E-state index is 13.1. The number of hydrogen-bond donors (Lipinski definition) is 0. The Hall–Kier alpha value is -1.57. The number of hydrogen-bond acceptors (Lipinski definition) is 1. The summed E-state index contributed by atoms with van der Waals surface area (Å²) < 4.78 is 13.1. The van der Waals surface area contributed by atoms with Gasteiger partial charge in [0.05, 0.1) is 0 Å². The van der Waals surface area contributed by atoms with Crippen molar-refractivity contribution in [3.05, 3.63) is 59.6 Å². The maximum Gasteiger partial charge on any atom is 0.100 e. The molecule has 0 aromatic rings. The van der Waals surface area contributed by atoms with E-state index in [0.717, 1.165) is 43.5 Å². The zero-order valence-corrected chi connectivity index (χ0v) is 11.7. The van der Waals surface area contributed by atoms with Crippen LogP contribution in [-0.4, -0.2) is 18.0 Å². The first-order valence-electron chi connectivity index (χ1n) is 7.02. The largest absolute Gasteiger partial charge is 0.372 e. The molecule has 0 N–H and O–H groups in total. The van der Waals surface area contributed by atoms with Crippen molar-refractivity contribution >= 4 is 0 Å². The lowest BCUT2D eigenvalue weighted by Gasteiger charge is -2.33. The standard InChI is InChI=1S/C17H22FN/c1-4-17-16(7-6-12-19(17)5-2)13(3)14-8-10-15(18)11-9-14/h4,8,10H,1,3,5-7,9,11-12H2,2H3. The lowest BCUT2D eigenvalue weighted by Crippen LogP contribution is -2.28. The second kappa shape index (κ2) is 6.05. The molecule has 2 aliphatic rings. The molecule has 0 amide bonds. The molecule has 0 aromatic carbocycles. The third kappa shape index (κ3) is 2.89. The number of rotatable bonds is 4. The van der Waals surface area contributed by atoms with Crippen LogP contribution >= 0.6 is 0 Å². The predicted octanol–water partition coefficient (Wildman–Crippen LogP) is 4.67. The van der Waals surface area contributed by atoms with Crippen molar-refractivity contribution in [2.24, 2.45) is 0 Å². The Labute approximate surface area is 115 Å². The highest BCUT2D eigenvalue weighted by Crippen LogP contribution is 2.34. The first-order valence-corrected chi connectivity index (χ1v) is 7.02. The zero-order valence-electron chi connectivity index (χ0n) is 11.7. The van der Waals surface area contributed by atoms with Gasteiger partial charge in [0, 0.05) is 25.2 Å². The molecular formula is C17H22FN. The molecule has 1 aliphatic carbocycles. The van der Waals surface area contributed by atoms with Gasteiger partial charge in [-0.05, 0) is 55.1 Å². The Kier molecular flexibility index (Phi) is 4.41. The van der Waals surface area contributed by atoms with Crippen LogP contribution in [0.4, 0.5) is 4.39 Å². The van der Waals surface area contributed by atoms with Gasteiger partial charge in [0.25, 0.3) is 0 Å². The van der Waals surface area contributed by atoms with E-state index in [2.05, 4.69) is 25.0 Å². The molecule has 102 valence electrons. The van der Waals surface area contributed by atoms with Gasteiger partial charge in [0.1, 0.15) is 5.83 Å². The average molecular weight is 259 g/mol. The third-order valence-corrected chi connectivity index (χ3v) is 3.93. The van der Waals surface area contributed by atoms with E-state index in [1.165, 1.54) is 11.3 Å². The summed E-state index contributed by atoms with van der Waals surface area (Å²) in [7, 11) is 0. The van der Waals surface area contributed by atoms with E-state index in [9.17, 15) is 4.39 Å². The minimum absolute atomic E-state index is 0.0340. The fourth-order valence-corrected chi connectivity index (χ4v) is 2.83. The third-order valence-electron chi connectivity index (χ3n) is 3.93. The highest BCUT2D eigenvalue weighted by atomic mass is 19.1. The fraction of sp³-hybridized carbons (Fsp3) is 0.412. The fourth-order valence-electron chi connectivity index (χ4n) is 2.83. The highest BCUT2D eigenvalue weighted by Gasteiger charge is 2.20. The molecule has 0 radical (unpaired) electrons. The molecule has 1 nitrogen and oxygen atoms in total.